The maximum absolute atomic E-state index is 11.8. The Hall–Kier alpha value is -1.55. The van der Waals surface area contributed by atoms with Crippen molar-refractivity contribution in [2.24, 2.45) is 0 Å². The van der Waals surface area contributed by atoms with E-state index in [0.717, 1.165) is 17.1 Å². The van der Waals surface area contributed by atoms with Crippen LogP contribution in [-0.2, 0) is 6.42 Å². The third kappa shape index (κ3) is 2.52. The molecule has 0 spiro atoms. The Kier molecular flexibility index (Phi) is 3.10. The first kappa shape index (κ1) is 11.0. The first-order valence-corrected chi connectivity index (χ1v) is 5.80. The van der Waals surface area contributed by atoms with E-state index in [4.69, 9.17) is 0 Å². The van der Waals surface area contributed by atoms with Crippen molar-refractivity contribution in [3.05, 3.63) is 46.0 Å². The van der Waals surface area contributed by atoms with Gasteiger partial charge in [0.1, 0.15) is 4.88 Å². The molecule has 0 aliphatic heterocycles. The quantitative estimate of drug-likeness (QED) is 0.764. The Morgan fingerprint density at radius 3 is 2.50 bits per heavy atom. The lowest BCUT2D eigenvalue weighted by molar-refractivity contribution is 0.0996. The third-order valence-corrected chi connectivity index (χ3v) is 2.99. The van der Waals surface area contributed by atoms with E-state index in [1.807, 2.05) is 26.0 Å². The topological polar surface area (TPSA) is 42.9 Å². The van der Waals surface area contributed by atoms with Crippen LogP contribution in [0.1, 0.15) is 26.4 Å². The van der Waals surface area contributed by atoms with Crippen LogP contribution < -0.4 is 0 Å². The number of hydrogen-bond donors (Lipinski definition) is 0. The molecule has 2 aromatic rings. The zero-order valence-corrected chi connectivity index (χ0v) is 10.0. The maximum atomic E-state index is 11.8. The van der Waals surface area contributed by atoms with Crippen LogP contribution >= 0.6 is 11.5 Å². The number of nitrogens with zero attached hydrogens (tertiary/aromatic N) is 2. The average Bonchev–Trinajstić information content (AvgIpc) is 2.68. The summed E-state index contributed by atoms with van der Waals surface area (Å²) in [6.07, 6.45) is 1.95. The number of aryl methyl sites for hydroxylation is 2. The standard InChI is InChI=1S/C12H12N2OS/c1-8-3-9(2)5-10(4-8)6-11(15)12-7-13-14-16-12/h3-5,7H,6H2,1-2H3. The highest BCUT2D eigenvalue weighted by atomic mass is 32.1. The van der Waals surface area contributed by atoms with Gasteiger partial charge in [0.15, 0.2) is 5.78 Å². The van der Waals surface area contributed by atoms with Gasteiger partial charge >= 0.3 is 0 Å². The predicted molar refractivity (Wildman–Crippen MR) is 63.9 cm³/mol. The van der Waals surface area contributed by atoms with E-state index < -0.39 is 0 Å². The molecule has 0 aliphatic rings. The van der Waals surface area contributed by atoms with Crippen molar-refractivity contribution < 1.29 is 4.79 Å². The zero-order valence-electron chi connectivity index (χ0n) is 9.23. The van der Waals surface area contributed by atoms with Crippen molar-refractivity contribution in [1.82, 2.24) is 9.59 Å². The molecule has 0 bridgehead atoms. The average molecular weight is 232 g/mol. The Labute approximate surface area is 98.3 Å². The van der Waals surface area contributed by atoms with Crippen LogP contribution in [0, 0.1) is 13.8 Å². The lowest BCUT2D eigenvalue weighted by Gasteiger charge is -2.03. The highest BCUT2D eigenvalue weighted by Crippen LogP contribution is 2.13. The summed E-state index contributed by atoms with van der Waals surface area (Å²) < 4.78 is 3.69. The van der Waals surface area contributed by atoms with Gasteiger partial charge in [-0.1, -0.05) is 33.8 Å². The zero-order chi connectivity index (χ0) is 11.5. The minimum atomic E-state index is 0.0833. The molecule has 0 N–H and O–H groups in total. The van der Waals surface area contributed by atoms with Crippen molar-refractivity contribution in [3.63, 3.8) is 0 Å². The monoisotopic (exact) mass is 232 g/mol. The van der Waals surface area contributed by atoms with E-state index in [0.29, 0.717) is 11.3 Å². The normalized spacial score (nSPS) is 10.4. The van der Waals surface area contributed by atoms with Gasteiger partial charge in [0.2, 0.25) is 0 Å². The molecule has 4 heteroatoms. The molecule has 0 radical (unpaired) electrons. The first-order valence-electron chi connectivity index (χ1n) is 5.03. The van der Waals surface area contributed by atoms with Gasteiger partial charge in [-0.05, 0) is 30.9 Å². The van der Waals surface area contributed by atoms with E-state index >= 15 is 0 Å². The highest BCUT2D eigenvalue weighted by molar-refractivity contribution is 7.07. The molecule has 0 fully saturated rings. The first-order chi connectivity index (χ1) is 7.65. The molecule has 1 aromatic heterocycles. The fourth-order valence-corrected chi connectivity index (χ4v) is 2.18. The van der Waals surface area contributed by atoms with Crippen LogP contribution in [0.3, 0.4) is 0 Å². The third-order valence-electron chi connectivity index (χ3n) is 2.28. The van der Waals surface area contributed by atoms with Crippen LogP contribution in [0.2, 0.25) is 0 Å². The van der Waals surface area contributed by atoms with Gasteiger partial charge in [-0.3, -0.25) is 4.79 Å². The van der Waals surface area contributed by atoms with Gasteiger partial charge in [0.05, 0.1) is 6.20 Å². The Bertz CT molecular complexity index is 485. The number of Topliss-reactive ketones (excluding diaryl/α,β-unsaturated/α-hetero) is 1. The maximum Gasteiger partial charge on any atom is 0.180 e. The molecule has 1 aromatic carbocycles. The number of carbonyl (C=O) groups is 1. The molecule has 0 amide bonds. The number of rotatable bonds is 3. The van der Waals surface area contributed by atoms with Gasteiger partial charge in [0.25, 0.3) is 0 Å². The van der Waals surface area contributed by atoms with Crippen LogP contribution in [0.5, 0.6) is 0 Å². The molecule has 1 heterocycles. The van der Waals surface area contributed by atoms with E-state index in [9.17, 15) is 4.79 Å². The Morgan fingerprint density at radius 1 is 1.25 bits per heavy atom. The van der Waals surface area contributed by atoms with Crippen LogP contribution in [-0.4, -0.2) is 15.4 Å². The van der Waals surface area contributed by atoms with Gasteiger partial charge in [-0.25, -0.2) is 0 Å². The van der Waals surface area contributed by atoms with Crippen LogP contribution in [0.25, 0.3) is 0 Å². The van der Waals surface area contributed by atoms with Crippen molar-refractivity contribution >= 4 is 17.3 Å². The Balaban J connectivity index is 2.18. The predicted octanol–water partition coefficient (Wildman–Crippen LogP) is 2.58. The van der Waals surface area contributed by atoms with E-state index in [1.165, 1.54) is 17.3 Å². The summed E-state index contributed by atoms with van der Waals surface area (Å²) in [5.41, 5.74) is 3.42. The molecule has 16 heavy (non-hydrogen) atoms. The summed E-state index contributed by atoms with van der Waals surface area (Å²) in [4.78, 5) is 12.5. The number of hydrogen-bond acceptors (Lipinski definition) is 4. The van der Waals surface area contributed by atoms with Gasteiger partial charge in [0, 0.05) is 6.42 Å². The van der Waals surface area contributed by atoms with Gasteiger partial charge in [-0.2, -0.15) is 0 Å². The van der Waals surface area contributed by atoms with Crippen molar-refractivity contribution in [1.29, 1.82) is 0 Å². The molecule has 82 valence electrons. The molecular formula is C12H12N2OS. The van der Waals surface area contributed by atoms with Crippen molar-refractivity contribution in [3.8, 4) is 0 Å². The lowest BCUT2D eigenvalue weighted by atomic mass is 10.0. The molecule has 0 saturated heterocycles. The molecule has 2 rings (SSSR count). The SMILES string of the molecule is Cc1cc(C)cc(CC(=O)c2cnns2)c1. The number of benzene rings is 1. The molecule has 0 atom stereocenters. The van der Waals surface area contributed by atoms with Gasteiger partial charge in [-0.15, -0.1) is 5.10 Å². The summed E-state index contributed by atoms with van der Waals surface area (Å²) in [5.74, 6) is 0.0833. The minimum absolute atomic E-state index is 0.0833. The number of ketones is 1. The van der Waals surface area contributed by atoms with E-state index in [2.05, 4.69) is 15.7 Å². The lowest BCUT2D eigenvalue weighted by Crippen LogP contribution is -2.01. The van der Waals surface area contributed by atoms with Crippen LogP contribution in [0.4, 0.5) is 0 Å². The Morgan fingerprint density at radius 2 is 1.94 bits per heavy atom. The smallest absolute Gasteiger partial charge is 0.180 e. The van der Waals surface area contributed by atoms with Crippen molar-refractivity contribution in [2.45, 2.75) is 20.3 Å². The minimum Gasteiger partial charge on any atom is -0.293 e. The molecular weight excluding hydrogens is 220 g/mol. The molecule has 0 unspecified atom stereocenters. The highest BCUT2D eigenvalue weighted by Gasteiger charge is 2.09. The fourth-order valence-electron chi connectivity index (χ4n) is 1.73. The second-order valence-corrected chi connectivity index (χ2v) is 4.66. The van der Waals surface area contributed by atoms with Gasteiger partial charge < -0.3 is 0 Å². The largest absolute Gasteiger partial charge is 0.293 e. The van der Waals surface area contributed by atoms with E-state index in [-0.39, 0.29) is 5.78 Å². The number of carbonyl (C=O) groups excluding carboxylic acids is 1. The van der Waals surface area contributed by atoms with Crippen molar-refractivity contribution in [2.75, 3.05) is 0 Å². The summed E-state index contributed by atoms with van der Waals surface area (Å²) in [5, 5.41) is 3.67. The van der Waals surface area contributed by atoms with Crippen LogP contribution in [0.15, 0.2) is 24.4 Å². The second-order valence-electron chi connectivity index (χ2n) is 3.88. The molecule has 3 nitrogen and oxygen atoms in total. The fraction of sp³-hybridized carbons (Fsp3) is 0.250. The second kappa shape index (κ2) is 4.53. The van der Waals surface area contributed by atoms with E-state index in [1.54, 1.807) is 0 Å². The summed E-state index contributed by atoms with van der Waals surface area (Å²) >= 11 is 1.15. The summed E-state index contributed by atoms with van der Waals surface area (Å²) in [6, 6.07) is 6.18. The molecule has 0 aliphatic carbocycles. The molecule has 0 saturated carbocycles. The summed E-state index contributed by atoms with van der Waals surface area (Å²) in [6.45, 7) is 4.07. The summed E-state index contributed by atoms with van der Waals surface area (Å²) in [7, 11) is 0. The number of aromatic nitrogens is 2.